The Morgan fingerprint density at radius 1 is 1.38 bits per heavy atom. The predicted molar refractivity (Wildman–Crippen MR) is 27.0 cm³/mol. The molecule has 0 aromatic heterocycles. The molecule has 0 unspecified atom stereocenters. The normalized spacial score (nSPS) is 10.4. The van der Waals surface area contributed by atoms with Crippen molar-refractivity contribution in [2.24, 2.45) is 0 Å². The van der Waals surface area contributed by atoms with E-state index < -0.39 is 7.60 Å². The molecule has 0 aliphatic carbocycles. The van der Waals surface area contributed by atoms with Crippen LogP contribution >= 0.6 is 7.60 Å². The summed E-state index contributed by atoms with van der Waals surface area (Å²) in [6, 6.07) is 0. The van der Waals surface area contributed by atoms with Crippen LogP contribution in [0.25, 0.3) is 0 Å². The van der Waals surface area contributed by atoms with Gasteiger partial charge in [-0.05, 0) is 0 Å². The number of hydrogen-bond donors (Lipinski definition) is 0. The van der Waals surface area contributed by atoms with Crippen LogP contribution in [0.5, 0.6) is 0 Å². The molecule has 0 rings (SSSR count). The SMILES string of the molecule is [CH2-]P(=O)(OC)OC.[Y]. The molecular weight excluding hydrogens is 204 g/mol. The van der Waals surface area contributed by atoms with Gasteiger partial charge in [0.25, 0.3) is 0 Å². The second-order valence-electron chi connectivity index (χ2n) is 0.976. The molecule has 8 heavy (non-hydrogen) atoms. The Balaban J connectivity index is 0. The zero-order chi connectivity index (χ0) is 5.91. The van der Waals surface area contributed by atoms with E-state index in [1.165, 1.54) is 14.2 Å². The molecule has 0 aliphatic heterocycles. The average Bonchev–Trinajstić information content (AvgIpc) is 1.68. The topological polar surface area (TPSA) is 35.5 Å². The first-order chi connectivity index (χ1) is 3.12. The van der Waals surface area contributed by atoms with E-state index in [1.807, 2.05) is 0 Å². The van der Waals surface area contributed by atoms with Crippen molar-refractivity contribution >= 4 is 7.60 Å². The molecule has 1 radical (unpaired) electrons. The maximum absolute atomic E-state index is 10.4. The summed E-state index contributed by atoms with van der Waals surface area (Å²) >= 11 is 0. The monoisotopic (exact) mass is 212 g/mol. The molecule has 0 aromatic carbocycles. The molecule has 0 spiro atoms. The summed E-state index contributed by atoms with van der Waals surface area (Å²) in [6.45, 7) is 3.12. The Hall–Kier alpha value is 1.25. The second-order valence-corrected chi connectivity index (χ2v) is 2.93. The van der Waals surface area contributed by atoms with Gasteiger partial charge in [0.2, 0.25) is 0 Å². The first kappa shape index (κ1) is 12.0. The van der Waals surface area contributed by atoms with Crippen molar-refractivity contribution in [1.82, 2.24) is 0 Å². The minimum absolute atomic E-state index is 0. The van der Waals surface area contributed by atoms with Gasteiger partial charge in [-0.25, -0.2) is 6.66 Å². The fourth-order valence-corrected chi connectivity index (χ4v) is 0.224. The minimum atomic E-state index is -2.90. The third-order valence-corrected chi connectivity index (χ3v) is 1.67. The van der Waals surface area contributed by atoms with Crippen molar-refractivity contribution in [3.8, 4) is 0 Å². The van der Waals surface area contributed by atoms with Crippen LogP contribution in [-0.4, -0.2) is 14.2 Å². The van der Waals surface area contributed by atoms with Gasteiger partial charge in [0.15, 0.2) is 7.60 Å². The number of rotatable bonds is 2. The largest absolute Gasteiger partial charge is 0.335 e. The molecule has 0 saturated heterocycles. The first-order valence-electron chi connectivity index (χ1n) is 1.68. The van der Waals surface area contributed by atoms with E-state index in [9.17, 15) is 4.57 Å². The number of hydrogen-bond acceptors (Lipinski definition) is 3. The quantitative estimate of drug-likeness (QED) is 0.510. The van der Waals surface area contributed by atoms with Crippen LogP contribution in [0.4, 0.5) is 0 Å². The molecule has 0 fully saturated rings. The molecule has 0 aromatic rings. The summed E-state index contributed by atoms with van der Waals surface area (Å²) in [5.74, 6) is 0. The Morgan fingerprint density at radius 3 is 1.62 bits per heavy atom. The van der Waals surface area contributed by atoms with Crippen LogP contribution in [0.1, 0.15) is 0 Å². The Kier molecular flexibility index (Phi) is 7.60. The summed E-state index contributed by atoms with van der Waals surface area (Å²) in [6.07, 6.45) is 0. The molecule has 3 nitrogen and oxygen atoms in total. The van der Waals surface area contributed by atoms with E-state index in [1.54, 1.807) is 0 Å². The van der Waals surface area contributed by atoms with Gasteiger partial charge in [-0.15, -0.1) is 0 Å². The van der Waals surface area contributed by atoms with Crippen molar-refractivity contribution in [3.63, 3.8) is 0 Å². The zero-order valence-corrected chi connectivity index (χ0v) is 8.69. The fraction of sp³-hybridized carbons (Fsp3) is 0.667. The van der Waals surface area contributed by atoms with Crippen molar-refractivity contribution in [3.05, 3.63) is 6.66 Å². The molecule has 0 bridgehead atoms. The minimum Gasteiger partial charge on any atom is -0.335 e. The van der Waals surface area contributed by atoms with Crippen molar-refractivity contribution in [2.75, 3.05) is 14.2 Å². The predicted octanol–water partition coefficient (Wildman–Crippen LogP) is 1.26. The third kappa shape index (κ3) is 5.39. The van der Waals surface area contributed by atoms with Crippen LogP contribution in [-0.2, 0) is 46.3 Å². The van der Waals surface area contributed by atoms with Gasteiger partial charge in [-0.1, -0.05) is 0 Å². The summed E-state index contributed by atoms with van der Waals surface area (Å²) in [5, 5.41) is 0. The van der Waals surface area contributed by atoms with Gasteiger partial charge in [0.1, 0.15) is 0 Å². The van der Waals surface area contributed by atoms with Gasteiger partial charge in [-0.3, -0.25) is 4.57 Å². The van der Waals surface area contributed by atoms with E-state index in [0.29, 0.717) is 0 Å². The smallest absolute Gasteiger partial charge is 0.184 e. The third-order valence-electron chi connectivity index (χ3n) is 0.556. The van der Waals surface area contributed by atoms with E-state index in [4.69, 9.17) is 0 Å². The summed E-state index contributed by atoms with van der Waals surface area (Å²) in [7, 11) is -0.326. The van der Waals surface area contributed by atoms with Crippen molar-refractivity contribution in [2.45, 2.75) is 0 Å². The van der Waals surface area contributed by atoms with Crippen LogP contribution in [0.15, 0.2) is 0 Å². The van der Waals surface area contributed by atoms with Crippen LogP contribution in [0.2, 0.25) is 0 Å². The molecular formula is C3H8O3PY-. The maximum Gasteiger partial charge on any atom is 0.184 e. The van der Waals surface area contributed by atoms with E-state index >= 15 is 0 Å². The van der Waals surface area contributed by atoms with E-state index in [2.05, 4.69) is 15.7 Å². The molecule has 0 aliphatic rings. The Bertz CT molecular complexity index is 86.5. The van der Waals surface area contributed by atoms with Crippen molar-refractivity contribution in [1.29, 1.82) is 0 Å². The standard InChI is InChI=1S/C3H8O3P.Y/c1-5-7(3,4)6-2;/h3H2,1-2H3;/q-1;. The molecule has 0 atom stereocenters. The van der Waals surface area contributed by atoms with Gasteiger partial charge in [0, 0.05) is 46.9 Å². The van der Waals surface area contributed by atoms with Crippen molar-refractivity contribution < 1.29 is 46.3 Å². The van der Waals surface area contributed by atoms with E-state index in [-0.39, 0.29) is 32.7 Å². The van der Waals surface area contributed by atoms with Gasteiger partial charge in [0.05, 0.1) is 0 Å². The van der Waals surface area contributed by atoms with Gasteiger partial charge >= 0.3 is 0 Å². The van der Waals surface area contributed by atoms with Gasteiger partial charge in [-0.2, -0.15) is 0 Å². The molecule has 0 heterocycles. The molecule has 5 heteroatoms. The fourth-order valence-electron chi connectivity index (χ4n) is 0.0745. The van der Waals surface area contributed by atoms with E-state index in [0.717, 1.165) is 0 Å². The molecule has 0 amide bonds. The Labute approximate surface area is 74.5 Å². The molecule has 0 saturated carbocycles. The molecule has 0 N–H and O–H groups in total. The van der Waals surface area contributed by atoms with Crippen LogP contribution in [0, 0.1) is 6.66 Å². The zero-order valence-electron chi connectivity index (χ0n) is 4.96. The average molecular weight is 212 g/mol. The second kappa shape index (κ2) is 5.07. The summed E-state index contributed by atoms with van der Waals surface area (Å²) in [4.78, 5) is 0. The van der Waals surface area contributed by atoms with Gasteiger partial charge < -0.3 is 9.05 Å². The van der Waals surface area contributed by atoms with Crippen LogP contribution in [0.3, 0.4) is 0 Å². The maximum atomic E-state index is 10.4. The Morgan fingerprint density at radius 2 is 1.62 bits per heavy atom. The first-order valence-corrected chi connectivity index (χ1v) is 3.41. The van der Waals surface area contributed by atoms with Crippen LogP contribution < -0.4 is 0 Å². The molecule has 47 valence electrons. The summed E-state index contributed by atoms with van der Waals surface area (Å²) < 4.78 is 19.0. The summed E-state index contributed by atoms with van der Waals surface area (Å²) in [5.41, 5.74) is 0.